The van der Waals surface area contributed by atoms with Crippen LogP contribution >= 0.6 is 0 Å². The zero-order chi connectivity index (χ0) is 14.0. The van der Waals surface area contributed by atoms with Crippen molar-refractivity contribution in [3.05, 3.63) is 35.4 Å². The highest BCUT2D eigenvalue weighted by atomic mass is 16.5. The molecule has 1 aliphatic heterocycles. The van der Waals surface area contributed by atoms with Gasteiger partial charge >= 0.3 is 0 Å². The molecule has 0 aliphatic carbocycles. The van der Waals surface area contributed by atoms with E-state index >= 15 is 0 Å². The standard InChI is InChI=1S/C16H26N2O2/c1-19-11-12-20-10-4-8-18-16-7-9-17-13-14-5-2-3-6-15(14)16/h2-3,5-6,16-18H,4,7-13H2,1H3. The summed E-state index contributed by atoms with van der Waals surface area (Å²) in [5.41, 5.74) is 2.86. The second-order valence-electron chi connectivity index (χ2n) is 5.13. The molecule has 0 saturated heterocycles. The van der Waals surface area contributed by atoms with E-state index in [0.29, 0.717) is 19.3 Å². The SMILES string of the molecule is COCCOCCCNC1CCNCc2ccccc21. The van der Waals surface area contributed by atoms with Crippen LogP contribution in [-0.4, -0.2) is 40.0 Å². The van der Waals surface area contributed by atoms with Gasteiger partial charge < -0.3 is 20.1 Å². The summed E-state index contributed by atoms with van der Waals surface area (Å²) in [4.78, 5) is 0. The highest BCUT2D eigenvalue weighted by Gasteiger charge is 2.16. The Morgan fingerprint density at radius 3 is 3.05 bits per heavy atom. The summed E-state index contributed by atoms with van der Waals surface area (Å²) in [6, 6.07) is 9.17. The Morgan fingerprint density at radius 1 is 1.25 bits per heavy atom. The normalized spacial score (nSPS) is 18.6. The number of hydrogen-bond donors (Lipinski definition) is 2. The molecule has 4 nitrogen and oxygen atoms in total. The Hall–Kier alpha value is -0.940. The molecule has 0 fully saturated rings. The maximum Gasteiger partial charge on any atom is 0.0700 e. The van der Waals surface area contributed by atoms with Gasteiger partial charge in [0.2, 0.25) is 0 Å². The van der Waals surface area contributed by atoms with E-state index in [4.69, 9.17) is 9.47 Å². The van der Waals surface area contributed by atoms with E-state index in [-0.39, 0.29) is 0 Å². The molecule has 0 aromatic heterocycles. The van der Waals surface area contributed by atoms with Gasteiger partial charge in [-0.2, -0.15) is 0 Å². The van der Waals surface area contributed by atoms with Crippen LogP contribution in [0.1, 0.15) is 30.0 Å². The molecular formula is C16H26N2O2. The fourth-order valence-corrected chi connectivity index (χ4v) is 2.57. The molecule has 0 amide bonds. The van der Waals surface area contributed by atoms with Gasteiger partial charge in [0, 0.05) is 26.3 Å². The van der Waals surface area contributed by atoms with E-state index in [2.05, 4.69) is 34.9 Å². The molecule has 0 radical (unpaired) electrons. The van der Waals surface area contributed by atoms with Crippen molar-refractivity contribution >= 4 is 0 Å². The minimum Gasteiger partial charge on any atom is -0.382 e. The van der Waals surface area contributed by atoms with Crippen LogP contribution in [0, 0.1) is 0 Å². The summed E-state index contributed by atoms with van der Waals surface area (Å²) in [6.07, 6.45) is 2.18. The van der Waals surface area contributed by atoms with Crippen LogP contribution in [0.25, 0.3) is 0 Å². The molecule has 112 valence electrons. The van der Waals surface area contributed by atoms with Crippen LogP contribution in [0.5, 0.6) is 0 Å². The summed E-state index contributed by atoms with van der Waals surface area (Å²) in [6.45, 7) is 5.20. The number of benzene rings is 1. The molecule has 1 heterocycles. The van der Waals surface area contributed by atoms with Crippen molar-refractivity contribution in [1.82, 2.24) is 10.6 Å². The van der Waals surface area contributed by atoms with Crippen LogP contribution in [0.2, 0.25) is 0 Å². The number of methoxy groups -OCH3 is 1. The van der Waals surface area contributed by atoms with Crippen molar-refractivity contribution < 1.29 is 9.47 Å². The summed E-state index contributed by atoms with van der Waals surface area (Å²) < 4.78 is 10.4. The quantitative estimate of drug-likeness (QED) is 0.712. The average Bonchev–Trinajstić information content (AvgIpc) is 2.69. The summed E-state index contributed by atoms with van der Waals surface area (Å²) in [5, 5.41) is 7.14. The first-order valence-corrected chi connectivity index (χ1v) is 7.50. The molecule has 1 aromatic rings. The molecule has 2 rings (SSSR count). The van der Waals surface area contributed by atoms with Crippen LogP contribution in [0.4, 0.5) is 0 Å². The van der Waals surface area contributed by atoms with E-state index in [1.165, 1.54) is 11.1 Å². The number of fused-ring (bicyclic) bond motifs is 1. The molecular weight excluding hydrogens is 252 g/mol. The third-order valence-electron chi connectivity index (χ3n) is 3.64. The van der Waals surface area contributed by atoms with Crippen molar-refractivity contribution in [3.63, 3.8) is 0 Å². The fraction of sp³-hybridized carbons (Fsp3) is 0.625. The van der Waals surface area contributed by atoms with Crippen molar-refractivity contribution in [2.75, 3.05) is 40.0 Å². The zero-order valence-electron chi connectivity index (χ0n) is 12.4. The zero-order valence-corrected chi connectivity index (χ0v) is 12.4. The van der Waals surface area contributed by atoms with Gasteiger partial charge in [0.25, 0.3) is 0 Å². The lowest BCUT2D eigenvalue weighted by Gasteiger charge is -2.19. The van der Waals surface area contributed by atoms with Gasteiger partial charge in [-0.1, -0.05) is 24.3 Å². The molecule has 0 spiro atoms. The van der Waals surface area contributed by atoms with Crippen molar-refractivity contribution in [2.45, 2.75) is 25.4 Å². The van der Waals surface area contributed by atoms with Gasteiger partial charge in [0.05, 0.1) is 13.2 Å². The lowest BCUT2D eigenvalue weighted by atomic mass is 9.99. The Balaban J connectivity index is 1.72. The first kappa shape index (κ1) is 15.4. The molecule has 1 atom stereocenters. The number of nitrogens with one attached hydrogen (secondary N) is 2. The maximum absolute atomic E-state index is 5.48. The molecule has 20 heavy (non-hydrogen) atoms. The Kier molecular flexibility index (Phi) is 7.01. The monoisotopic (exact) mass is 278 g/mol. The van der Waals surface area contributed by atoms with E-state index in [1.807, 2.05) is 0 Å². The minimum absolute atomic E-state index is 0.458. The number of rotatable bonds is 8. The lowest BCUT2D eigenvalue weighted by molar-refractivity contribution is 0.0692. The maximum atomic E-state index is 5.48. The van der Waals surface area contributed by atoms with Crippen molar-refractivity contribution in [3.8, 4) is 0 Å². The highest BCUT2D eigenvalue weighted by molar-refractivity contribution is 5.30. The lowest BCUT2D eigenvalue weighted by Crippen LogP contribution is -2.25. The molecule has 0 saturated carbocycles. The average molecular weight is 278 g/mol. The predicted octanol–water partition coefficient (Wildman–Crippen LogP) is 1.86. The van der Waals surface area contributed by atoms with Gasteiger partial charge in [-0.3, -0.25) is 0 Å². The Labute approximate surface area is 121 Å². The van der Waals surface area contributed by atoms with Crippen molar-refractivity contribution in [1.29, 1.82) is 0 Å². The first-order valence-electron chi connectivity index (χ1n) is 7.50. The second kappa shape index (κ2) is 9.08. The van der Waals surface area contributed by atoms with Gasteiger partial charge in [-0.25, -0.2) is 0 Å². The van der Waals surface area contributed by atoms with Crippen LogP contribution in [0.3, 0.4) is 0 Å². The predicted molar refractivity (Wildman–Crippen MR) is 80.8 cm³/mol. The Morgan fingerprint density at radius 2 is 2.15 bits per heavy atom. The molecule has 1 aliphatic rings. The first-order chi connectivity index (χ1) is 9.92. The molecule has 1 aromatic carbocycles. The van der Waals surface area contributed by atoms with Crippen LogP contribution in [0.15, 0.2) is 24.3 Å². The third kappa shape index (κ3) is 4.87. The smallest absolute Gasteiger partial charge is 0.0700 e. The van der Waals surface area contributed by atoms with Crippen molar-refractivity contribution in [2.24, 2.45) is 0 Å². The summed E-state index contributed by atoms with van der Waals surface area (Å²) >= 11 is 0. The van der Waals surface area contributed by atoms with E-state index < -0.39 is 0 Å². The van der Waals surface area contributed by atoms with Gasteiger partial charge in [-0.15, -0.1) is 0 Å². The van der Waals surface area contributed by atoms with Gasteiger partial charge in [0.15, 0.2) is 0 Å². The minimum atomic E-state index is 0.458. The fourth-order valence-electron chi connectivity index (χ4n) is 2.57. The highest BCUT2D eigenvalue weighted by Crippen LogP contribution is 2.23. The van der Waals surface area contributed by atoms with Crippen LogP contribution < -0.4 is 10.6 Å². The van der Waals surface area contributed by atoms with E-state index in [0.717, 1.165) is 39.1 Å². The Bertz CT molecular complexity index is 384. The second-order valence-corrected chi connectivity index (χ2v) is 5.13. The number of ether oxygens (including phenoxy) is 2. The van der Waals surface area contributed by atoms with Gasteiger partial charge in [-0.05, 0) is 37.1 Å². The largest absolute Gasteiger partial charge is 0.382 e. The third-order valence-corrected chi connectivity index (χ3v) is 3.64. The molecule has 2 N–H and O–H groups in total. The van der Waals surface area contributed by atoms with Gasteiger partial charge in [0.1, 0.15) is 0 Å². The molecule has 0 bridgehead atoms. The molecule has 4 heteroatoms. The van der Waals surface area contributed by atoms with Crippen LogP contribution in [-0.2, 0) is 16.0 Å². The van der Waals surface area contributed by atoms with E-state index in [1.54, 1.807) is 7.11 Å². The molecule has 1 unspecified atom stereocenters. The summed E-state index contributed by atoms with van der Waals surface area (Å²) in [5.74, 6) is 0. The number of hydrogen-bond acceptors (Lipinski definition) is 4. The topological polar surface area (TPSA) is 42.5 Å². The van der Waals surface area contributed by atoms with E-state index in [9.17, 15) is 0 Å². The summed E-state index contributed by atoms with van der Waals surface area (Å²) in [7, 11) is 1.70.